The van der Waals surface area contributed by atoms with Crippen LogP contribution in [-0.4, -0.2) is 0 Å². The van der Waals surface area contributed by atoms with Gasteiger partial charge >= 0.3 is 0 Å². The van der Waals surface area contributed by atoms with Gasteiger partial charge in [0.15, 0.2) is 0 Å². The third-order valence-electron chi connectivity index (χ3n) is 3.62. The Morgan fingerprint density at radius 3 is 2.53 bits per heavy atom. The summed E-state index contributed by atoms with van der Waals surface area (Å²) in [6, 6.07) is 14.2. The highest BCUT2D eigenvalue weighted by atomic mass is 19.1. The number of benzene rings is 2. The van der Waals surface area contributed by atoms with Crippen molar-refractivity contribution in [3.8, 4) is 12.3 Å². The van der Waals surface area contributed by atoms with Crippen LogP contribution in [0.25, 0.3) is 0 Å². The predicted octanol–water partition coefficient (Wildman–Crippen LogP) is 3.79. The minimum Gasteiger partial charge on any atom is -0.356 e. The second kappa shape index (κ2) is 4.22. The predicted molar refractivity (Wildman–Crippen MR) is 72.0 cm³/mol. The zero-order valence-corrected chi connectivity index (χ0v) is 10.6. The number of ether oxygens (including phenoxy) is 1. The third kappa shape index (κ3) is 1.93. The fraction of sp³-hybridized carbons (Fsp3) is 0.176. The van der Waals surface area contributed by atoms with E-state index in [1.807, 2.05) is 31.2 Å². The molecule has 2 aromatic carbocycles. The highest BCUT2D eigenvalue weighted by Crippen LogP contribution is 2.57. The molecule has 2 unspecified atom stereocenters. The topological polar surface area (TPSA) is 12.5 Å². The van der Waals surface area contributed by atoms with Gasteiger partial charge in [0.05, 0.1) is 0 Å². The maximum atomic E-state index is 13.0. The van der Waals surface area contributed by atoms with E-state index in [9.17, 15) is 4.39 Å². The molecule has 1 aliphatic heterocycles. The molecule has 0 radical (unpaired) electrons. The van der Waals surface area contributed by atoms with Crippen molar-refractivity contribution in [2.24, 2.45) is 0 Å². The molecule has 1 fully saturated rings. The molecule has 3 rings (SSSR count). The molecule has 1 saturated heterocycles. The Morgan fingerprint density at radius 2 is 1.84 bits per heavy atom. The monoisotopic (exact) mass is 252 g/mol. The minimum atomic E-state index is -0.416. The number of rotatable bonds is 2. The number of hydrogen-bond donors (Lipinski definition) is 0. The average Bonchev–Trinajstić information content (AvgIpc) is 3.12. The van der Waals surface area contributed by atoms with Crippen molar-refractivity contribution in [1.82, 2.24) is 0 Å². The van der Waals surface area contributed by atoms with Gasteiger partial charge in [0, 0.05) is 5.56 Å². The van der Waals surface area contributed by atoms with Crippen molar-refractivity contribution < 1.29 is 9.13 Å². The van der Waals surface area contributed by atoms with Crippen molar-refractivity contribution >= 4 is 0 Å². The number of terminal acetylenes is 1. The smallest absolute Gasteiger partial charge is 0.123 e. The normalized spacial score (nSPS) is 24.8. The zero-order chi connectivity index (χ0) is 13.5. The van der Waals surface area contributed by atoms with Crippen LogP contribution in [0.2, 0.25) is 0 Å². The van der Waals surface area contributed by atoms with Crippen LogP contribution in [0.4, 0.5) is 4.39 Å². The first kappa shape index (κ1) is 12.0. The lowest BCUT2D eigenvalue weighted by Gasteiger charge is -2.08. The molecular weight excluding hydrogens is 239 g/mol. The summed E-state index contributed by atoms with van der Waals surface area (Å²) in [5.41, 5.74) is 2.40. The van der Waals surface area contributed by atoms with E-state index in [4.69, 9.17) is 11.2 Å². The Labute approximate surface area is 112 Å². The van der Waals surface area contributed by atoms with E-state index >= 15 is 0 Å². The molecule has 0 amide bonds. The van der Waals surface area contributed by atoms with Crippen LogP contribution in [0, 0.1) is 18.2 Å². The highest BCUT2D eigenvalue weighted by molar-refractivity contribution is 5.45. The van der Waals surface area contributed by atoms with Crippen LogP contribution in [0.3, 0.4) is 0 Å². The van der Waals surface area contributed by atoms with Crippen LogP contribution >= 0.6 is 0 Å². The standard InChI is InChI=1S/C17H13FO/c1-3-12-6-4-5-7-15(12)16-17(2,19-16)13-8-10-14(18)11-9-13/h1,4-11,16H,2H3. The molecule has 0 aliphatic carbocycles. The van der Waals surface area contributed by atoms with Crippen molar-refractivity contribution in [1.29, 1.82) is 0 Å². The van der Waals surface area contributed by atoms with E-state index in [-0.39, 0.29) is 11.9 Å². The Hall–Kier alpha value is -2.11. The molecule has 0 aromatic heterocycles. The molecule has 1 aliphatic rings. The van der Waals surface area contributed by atoms with Crippen LogP contribution in [-0.2, 0) is 10.3 Å². The largest absolute Gasteiger partial charge is 0.356 e. The second-order valence-corrected chi connectivity index (χ2v) is 4.84. The van der Waals surface area contributed by atoms with Gasteiger partial charge in [-0.1, -0.05) is 36.3 Å². The van der Waals surface area contributed by atoms with Gasteiger partial charge in [-0.05, 0) is 36.2 Å². The first-order chi connectivity index (χ1) is 9.15. The quantitative estimate of drug-likeness (QED) is 0.585. The summed E-state index contributed by atoms with van der Waals surface area (Å²) in [5.74, 6) is 2.43. The lowest BCUT2D eigenvalue weighted by Crippen LogP contribution is -2.05. The molecular formula is C17H13FO. The van der Waals surface area contributed by atoms with Gasteiger partial charge in [-0.3, -0.25) is 0 Å². The molecule has 19 heavy (non-hydrogen) atoms. The van der Waals surface area contributed by atoms with Crippen LogP contribution in [0.1, 0.15) is 29.7 Å². The van der Waals surface area contributed by atoms with Gasteiger partial charge in [0.2, 0.25) is 0 Å². The Kier molecular flexibility index (Phi) is 2.66. The average molecular weight is 252 g/mol. The number of epoxide rings is 1. The summed E-state index contributed by atoms with van der Waals surface area (Å²) in [5, 5.41) is 0. The fourth-order valence-electron chi connectivity index (χ4n) is 2.43. The molecule has 0 saturated carbocycles. The van der Waals surface area contributed by atoms with Crippen LogP contribution < -0.4 is 0 Å². The minimum absolute atomic E-state index is 0.0646. The van der Waals surface area contributed by atoms with E-state index in [1.165, 1.54) is 12.1 Å². The SMILES string of the molecule is C#Cc1ccccc1C1OC1(C)c1ccc(F)cc1. The summed E-state index contributed by atoms with van der Waals surface area (Å²) in [7, 11) is 0. The lowest BCUT2D eigenvalue weighted by atomic mass is 9.91. The van der Waals surface area contributed by atoms with Crippen molar-refractivity contribution in [2.75, 3.05) is 0 Å². The summed E-state index contributed by atoms with van der Waals surface area (Å²) in [6.07, 6.45) is 5.44. The number of halogens is 1. The van der Waals surface area contributed by atoms with Gasteiger partial charge in [-0.15, -0.1) is 6.42 Å². The van der Waals surface area contributed by atoms with Crippen molar-refractivity contribution in [3.05, 3.63) is 71.0 Å². The summed E-state index contributed by atoms with van der Waals surface area (Å²) < 4.78 is 18.8. The van der Waals surface area contributed by atoms with Crippen molar-refractivity contribution in [3.63, 3.8) is 0 Å². The number of hydrogen-bond acceptors (Lipinski definition) is 1. The first-order valence-corrected chi connectivity index (χ1v) is 6.14. The Bertz CT molecular complexity index is 654. The third-order valence-corrected chi connectivity index (χ3v) is 3.62. The van der Waals surface area contributed by atoms with E-state index in [0.717, 1.165) is 16.7 Å². The van der Waals surface area contributed by atoms with Crippen molar-refractivity contribution in [2.45, 2.75) is 18.6 Å². The molecule has 2 atom stereocenters. The molecule has 94 valence electrons. The fourth-order valence-corrected chi connectivity index (χ4v) is 2.43. The molecule has 1 nitrogen and oxygen atoms in total. The molecule has 2 aromatic rings. The first-order valence-electron chi connectivity index (χ1n) is 6.14. The Balaban J connectivity index is 1.95. The molecule has 1 heterocycles. The lowest BCUT2D eigenvalue weighted by molar-refractivity contribution is 0.313. The van der Waals surface area contributed by atoms with Gasteiger partial charge in [-0.2, -0.15) is 0 Å². The van der Waals surface area contributed by atoms with E-state index in [1.54, 1.807) is 12.1 Å². The van der Waals surface area contributed by atoms with E-state index < -0.39 is 5.60 Å². The Morgan fingerprint density at radius 1 is 1.16 bits per heavy atom. The highest BCUT2D eigenvalue weighted by Gasteiger charge is 2.55. The van der Waals surface area contributed by atoms with Gasteiger partial charge in [0.1, 0.15) is 17.5 Å². The van der Waals surface area contributed by atoms with E-state index in [2.05, 4.69) is 5.92 Å². The van der Waals surface area contributed by atoms with Crippen LogP contribution in [0.5, 0.6) is 0 Å². The molecule has 0 N–H and O–H groups in total. The molecule has 0 spiro atoms. The van der Waals surface area contributed by atoms with Gasteiger partial charge in [0.25, 0.3) is 0 Å². The van der Waals surface area contributed by atoms with E-state index in [0.29, 0.717) is 0 Å². The summed E-state index contributed by atoms with van der Waals surface area (Å²) >= 11 is 0. The van der Waals surface area contributed by atoms with Gasteiger partial charge < -0.3 is 4.74 Å². The summed E-state index contributed by atoms with van der Waals surface area (Å²) in [6.45, 7) is 2.00. The summed E-state index contributed by atoms with van der Waals surface area (Å²) in [4.78, 5) is 0. The molecule has 0 bridgehead atoms. The van der Waals surface area contributed by atoms with Crippen LogP contribution in [0.15, 0.2) is 48.5 Å². The zero-order valence-electron chi connectivity index (χ0n) is 10.6. The maximum Gasteiger partial charge on any atom is 0.123 e. The second-order valence-electron chi connectivity index (χ2n) is 4.84. The van der Waals surface area contributed by atoms with Gasteiger partial charge in [-0.25, -0.2) is 4.39 Å². The maximum absolute atomic E-state index is 13.0. The molecule has 2 heteroatoms.